The van der Waals surface area contributed by atoms with E-state index in [0.29, 0.717) is 22.5 Å². The van der Waals surface area contributed by atoms with Crippen LogP contribution in [-0.2, 0) is 51.1 Å². The van der Waals surface area contributed by atoms with E-state index in [2.05, 4.69) is 20.1 Å². The highest BCUT2D eigenvalue weighted by molar-refractivity contribution is 6.31. The van der Waals surface area contributed by atoms with Crippen molar-refractivity contribution in [2.45, 2.75) is 27.7 Å². The molecular formula is C48H50Cl2N4O12. The molecule has 0 bridgehead atoms. The van der Waals surface area contributed by atoms with E-state index in [1.165, 1.54) is 60.4 Å². The van der Waals surface area contributed by atoms with Crippen LogP contribution >= 0.6 is 23.2 Å². The second kappa shape index (κ2) is 24.0. The molecule has 66 heavy (non-hydrogen) atoms. The van der Waals surface area contributed by atoms with Gasteiger partial charge in [-0.25, -0.2) is 0 Å². The van der Waals surface area contributed by atoms with Crippen LogP contribution in [0.5, 0.6) is 0 Å². The van der Waals surface area contributed by atoms with Gasteiger partial charge in [-0.3, -0.25) is 57.7 Å². The highest BCUT2D eigenvalue weighted by Crippen LogP contribution is 2.32. The van der Waals surface area contributed by atoms with Crippen LogP contribution in [0.15, 0.2) is 72.8 Å². The summed E-state index contributed by atoms with van der Waals surface area (Å²) in [6.45, 7) is -0.144. The number of nitrogens with one attached hydrogen (secondary N) is 2. The number of amides is 2. The second-order valence-electron chi connectivity index (χ2n) is 14.9. The van der Waals surface area contributed by atoms with Crippen molar-refractivity contribution in [1.29, 1.82) is 0 Å². The molecular weight excluding hydrogens is 895 g/mol. The number of ether oxygens (including phenoxy) is 2. The molecule has 2 N–H and O–H groups in total. The van der Waals surface area contributed by atoms with Crippen LogP contribution in [0.2, 0.25) is 0 Å². The Bertz CT molecular complexity index is 2430. The van der Waals surface area contributed by atoms with E-state index in [1.807, 2.05) is 0 Å². The minimum atomic E-state index is -0.477. The Balaban J connectivity index is 0.000000362. The second-order valence-corrected chi connectivity index (χ2v) is 15.4. The number of Topliss-reactive ketones (excluding diaryl/α,β-unsaturated/α-hetero) is 2. The number of carbonyl (C=O) groups excluding carboxylic acids is 10. The zero-order chi connectivity index (χ0) is 46.8. The smallest absolute Gasteiger partial charge is 0.319 e. The molecule has 18 heteroatoms. The van der Waals surface area contributed by atoms with Crippen molar-refractivity contribution in [3.63, 3.8) is 0 Å². The first kappa shape index (κ1) is 53.6. The molecule has 0 spiro atoms. The number of rotatable bonds is 16. The summed E-state index contributed by atoms with van der Waals surface area (Å²) < 4.78 is 9.17. The van der Waals surface area contributed by atoms with Gasteiger partial charge in [0.05, 0.1) is 46.3 Å². The molecule has 0 heterocycles. The number of fused-ring (bicyclic) bond motifs is 4. The lowest BCUT2D eigenvalue weighted by molar-refractivity contribution is -0.142. The maximum Gasteiger partial charge on any atom is 0.319 e. The summed E-state index contributed by atoms with van der Waals surface area (Å²) in [4.78, 5) is 125. The lowest BCUT2D eigenvalue weighted by Gasteiger charge is -2.20. The molecule has 348 valence electrons. The number of hydrogen-bond acceptors (Lipinski definition) is 14. The number of halogens is 2. The molecule has 2 amide bonds. The quantitative estimate of drug-likeness (QED) is 0.0966. The van der Waals surface area contributed by atoms with Crippen molar-refractivity contribution in [2.24, 2.45) is 0 Å². The number of ketones is 6. The van der Waals surface area contributed by atoms with E-state index in [9.17, 15) is 47.9 Å². The van der Waals surface area contributed by atoms with Crippen LogP contribution < -0.4 is 10.6 Å². The number of nitrogens with zero attached hydrogens (tertiary/aromatic N) is 2. The van der Waals surface area contributed by atoms with E-state index >= 15 is 0 Å². The van der Waals surface area contributed by atoms with Crippen LogP contribution in [0, 0.1) is 0 Å². The van der Waals surface area contributed by atoms with Crippen LogP contribution in [-0.4, -0.2) is 135 Å². The Morgan fingerprint density at radius 1 is 0.470 bits per heavy atom. The lowest BCUT2D eigenvalue weighted by atomic mass is 9.82. The number of alkyl halides is 2. The van der Waals surface area contributed by atoms with Crippen molar-refractivity contribution in [3.05, 3.63) is 128 Å². The van der Waals surface area contributed by atoms with Crippen molar-refractivity contribution < 1.29 is 57.4 Å². The van der Waals surface area contributed by atoms with Crippen molar-refractivity contribution in [2.75, 3.05) is 76.9 Å². The first-order valence-electron chi connectivity index (χ1n) is 19.4. The van der Waals surface area contributed by atoms with Gasteiger partial charge in [-0.05, 0) is 73.8 Å². The fourth-order valence-electron chi connectivity index (χ4n) is 6.95. The van der Waals surface area contributed by atoms with Crippen molar-refractivity contribution >= 4 is 93.0 Å². The fourth-order valence-corrected chi connectivity index (χ4v) is 7.11. The van der Waals surface area contributed by atoms with Gasteiger partial charge in [0.2, 0.25) is 11.8 Å². The third kappa shape index (κ3) is 13.2. The Morgan fingerprint density at radius 3 is 1.23 bits per heavy atom. The van der Waals surface area contributed by atoms with Crippen molar-refractivity contribution in [1.82, 2.24) is 9.80 Å². The van der Waals surface area contributed by atoms with Gasteiger partial charge in [-0.1, -0.05) is 39.1 Å². The summed E-state index contributed by atoms with van der Waals surface area (Å²) >= 11 is 11.0. The summed E-state index contributed by atoms with van der Waals surface area (Å²) in [6.07, 6.45) is 0.136. The standard InChI is InChI=1S/C27H29N3O8.C19H13Cl2NO4.2CH4/c1-29(14-24(33)37-3)12-18(31)9-16-5-7-19-21(10-16)26(35)20-8-6-17(11-22(20)27(19)36)28-23(32)13-30(2)15-25(34)38-4;20-8-12(23)5-10-1-3-13-15(6-10)18(25)14-4-2-11(22-17(24)9-21)7-16(14)19(13)26;;/h5-8,10-11H,9,12-15H2,1-4H3,(H,28,32);1-4,6-7H,5,8-9H2,(H,22,24);2*1H4. The van der Waals surface area contributed by atoms with E-state index in [-0.39, 0.29) is 145 Å². The molecule has 0 aliphatic heterocycles. The molecule has 0 saturated heterocycles. The van der Waals surface area contributed by atoms with E-state index < -0.39 is 23.8 Å². The minimum absolute atomic E-state index is 0. The van der Waals surface area contributed by atoms with Crippen LogP contribution in [0.3, 0.4) is 0 Å². The van der Waals surface area contributed by atoms with Gasteiger partial charge < -0.3 is 20.1 Å². The Morgan fingerprint density at radius 2 is 0.833 bits per heavy atom. The molecule has 0 saturated carbocycles. The van der Waals surface area contributed by atoms with Crippen LogP contribution in [0.4, 0.5) is 11.4 Å². The maximum atomic E-state index is 13.2. The SMILES string of the molecule is C.C.COC(=O)CN(C)CC(=O)Cc1ccc2c(c1)C(=O)c1ccc(NC(=O)CN(C)CC(=O)OC)cc1C2=O.O=C(CCl)Cc1ccc2c(c1)C(=O)c1ccc(NC(=O)CCl)cc1C2=O. The largest absolute Gasteiger partial charge is 0.468 e. The summed E-state index contributed by atoms with van der Waals surface area (Å²) in [7, 11) is 5.74. The number of benzene rings is 4. The van der Waals surface area contributed by atoms with Gasteiger partial charge in [0, 0.05) is 68.7 Å². The van der Waals surface area contributed by atoms with Gasteiger partial charge in [-0.15, -0.1) is 23.2 Å². The molecule has 0 unspecified atom stereocenters. The molecule has 0 aromatic heterocycles. The number of methoxy groups -OCH3 is 2. The average Bonchev–Trinajstić information content (AvgIpc) is 3.27. The normalized spacial score (nSPS) is 11.9. The molecule has 4 aromatic carbocycles. The monoisotopic (exact) mass is 944 g/mol. The number of esters is 2. The molecule has 16 nitrogen and oxygen atoms in total. The molecule has 0 fully saturated rings. The Hall–Kier alpha value is -6.72. The Kier molecular flexibility index (Phi) is 19.5. The predicted molar refractivity (Wildman–Crippen MR) is 248 cm³/mol. The van der Waals surface area contributed by atoms with Crippen LogP contribution in [0.1, 0.15) is 89.7 Å². The summed E-state index contributed by atoms with van der Waals surface area (Å²) in [5, 5.41) is 5.22. The molecule has 0 radical (unpaired) electrons. The van der Waals surface area contributed by atoms with Gasteiger partial charge in [0.15, 0.2) is 34.7 Å². The van der Waals surface area contributed by atoms with Gasteiger partial charge in [0.1, 0.15) is 5.88 Å². The number of likely N-dealkylation sites (N-methyl/N-ethyl adjacent to an activating group) is 2. The lowest BCUT2D eigenvalue weighted by Crippen LogP contribution is -2.34. The third-order valence-corrected chi connectivity index (χ3v) is 10.5. The zero-order valence-corrected chi connectivity index (χ0v) is 36.6. The predicted octanol–water partition coefficient (Wildman–Crippen LogP) is 4.98. The number of anilines is 2. The average molecular weight is 946 g/mol. The number of carbonyl (C=O) groups is 10. The van der Waals surface area contributed by atoms with Crippen molar-refractivity contribution in [3.8, 4) is 0 Å². The highest BCUT2D eigenvalue weighted by atomic mass is 35.5. The molecule has 6 rings (SSSR count). The fraction of sp³-hybridized carbons (Fsp3) is 0.292. The molecule has 4 aromatic rings. The molecule has 0 atom stereocenters. The first-order valence-corrected chi connectivity index (χ1v) is 20.5. The van der Waals surface area contributed by atoms with E-state index in [0.717, 1.165) is 0 Å². The minimum Gasteiger partial charge on any atom is -0.468 e. The summed E-state index contributed by atoms with van der Waals surface area (Å²) in [6, 6.07) is 18.4. The maximum absolute atomic E-state index is 13.2. The molecule has 2 aliphatic carbocycles. The summed E-state index contributed by atoms with van der Waals surface area (Å²) in [5.41, 5.74) is 3.72. The third-order valence-electron chi connectivity index (χ3n) is 9.92. The zero-order valence-electron chi connectivity index (χ0n) is 35.1. The molecule has 2 aliphatic rings. The van der Waals surface area contributed by atoms with Crippen LogP contribution in [0.25, 0.3) is 0 Å². The summed E-state index contributed by atoms with van der Waals surface area (Å²) in [5.74, 6) is -3.73. The first-order chi connectivity index (χ1) is 30.5. The Labute approximate surface area is 391 Å². The number of hydrogen-bond donors (Lipinski definition) is 2. The van der Waals surface area contributed by atoms with Gasteiger partial charge in [0.25, 0.3) is 0 Å². The highest BCUT2D eigenvalue weighted by Gasteiger charge is 2.32. The van der Waals surface area contributed by atoms with E-state index in [4.69, 9.17) is 23.2 Å². The van der Waals surface area contributed by atoms with Gasteiger partial charge in [-0.2, -0.15) is 0 Å². The van der Waals surface area contributed by atoms with E-state index in [1.54, 1.807) is 50.5 Å². The van der Waals surface area contributed by atoms with Gasteiger partial charge >= 0.3 is 11.9 Å². The topological polar surface area (TPSA) is 220 Å².